The van der Waals surface area contributed by atoms with Gasteiger partial charge < -0.3 is 36.4 Å². The Morgan fingerprint density at radius 3 is 2.13 bits per heavy atom. The summed E-state index contributed by atoms with van der Waals surface area (Å²) in [6, 6.07) is -4.02. The standard InChI is InChI=1S/C19H31N5O7/c1-10(16(27)22-15(11(2)25)19(30)31)21-17(28)12-5-3-8-24(12)18(29)13-6-4-7-23(13)14(26)9-20/h10-13,15,25H,3-9,20H2,1-2H3,(H,21,28)(H,22,27)(H,30,31). The molecular formula is C19H31N5O7. The minimum atomic E-state index is -1.51. The summed E-state index contributed by atoms with van der Waals surface area (Å²) in [4.78, 5) is 64.1. The van der Waals surface area contributed by atoms with E-state index in [9.17, 15) is 29.1 Å². The molecule has 0 aliphatic carbocycles. The van der Waals surface area contributed by atoms with Crippen LogP contribution in [0.2, 0.25) is 0 Å². The Bertz CT molecular complexity index is 728. The first-order chi connectivity index (χ1) is 14.6. The second-order valence-corrected chi connectivity index (χ2v) is 7.93. The maximum atomic E-state index is 13.0. The van der Waals surface area contributed by atoms with Crippen LogP contribution in [0.25, 0.3) is 0 Å². The van der Waals surface area contributed by atoms with E-state index in [2.05, 4.69) is 10.6 Å². The number of hydrogen-bond donors (Lipinski definition) is 5. The maximum Gasteiger partial charge on any atom is 0.328 e. The predicted octanol–water partition coefficient (Wildman–Crippen LogP) is -2.62. The largest absolute Gasteiger partial charge is 0.480 e. The van der Waals surface area contributed by atoms with Crippen LogP contribution in [0.4, 0.5) is 0 Å². The van der Waals surface area contributed by atoms with Crippen molar-refractivity contribution in [1.82, 2.24) is 20.4 Å². The fourth-order valence-corrected chi connectivity index (χ4v) is 3.98. The fraction of sp³-hybridized carbons (Fsp3) is 0.737. The minimum absolute atomic E-state index is 0.190. The Labute approximate surface area is 180 Å². The van der Waals surface area contributed by atoms with Gasteiger partial charge >= 0.3 is 5.97 Å². The van der Waals surface area contributed by atoms with Gasteiger partial charge in [0.15, 0.2) is 6.04 Å². The van der Waals surface area contributed by atoms with E-state index in [1.54, 1.807) is 0 Å². The van der Waals surface area contributed by atoms with Gasteiger partial charge in [0.05, 0.1) is 12.6 Å². The van der Waals surface area contributed by atoms with Crippen LogP contribution >= 0.6 is 0 Å². The number of carboxylic acid groups (broad SMARTS) is 1. The Morgan fingerprint density at radius 1 is 1.00 bits per heavy atom. The summed E-state index contributed by atoms with van der Waals surface area (Å²) in [6.45, 7) is 3.23. The first-order valence-electron chi connectivity index (χ1n) is 10.4. The molecule has 0 radical (unpaired) electrons. The third kappa shape index (κ3) is 5.70. The average Bonchev–Trinajstić information content (AvgIpc) is 3.39. The molecule has 0 aromatic carbocycles. The number of carboxylic acids is 1. The van der Waals surface area contributed by atoms with E-state index >= 15 is 0 Å². The number of rotatable bonds is 8. The van der Waals surface area contributed by atoms with Crippen molar-refractivity contribution in [1.29, 1.82) is 0 Å². The van der Waals surface area contributed by atoms with Crippen LogP contribution < -0.4 is 16.4 Å². The highest BCUT2D eigenvalue weighted by Gasteiger charge is 2.42. The molecule has 2 heterocycles. The van der Waals surface area contributed by atoms with Crippen LogP contribution in [0, 0.1) is 0 Å². The summed E-state index contributed by atoms with van der Waals surface area (Å²) < 4.78 is 0. The number of amides is 4. The number of likely N-dealkylation sites (tertiary alicyclic amines) is 2. The number of nitrogens with one attached hydrogen (secondary N) is 2. The highest BCUT2D eigenvalue weighted by molar-refractivity contribution is 5.95. The zero-order valence-electron chi connectivity index (χ0n) is 17.7. The Morgan fingerprint density at radius 2 is 1.58 bits per heavy atom. The molecule has 0 saturated carbocycles. The van der Waals surface area contributed by atoms with Crippen molar-refractivity contribution in [2.45, 2.75) is 69.8 Å². The van der Waals surface area contributed by atoms with Gasteiger partial charge in [0.1, 0.15) is 18.1 Å². The molecule has 174 valence electrons. The fourth-order valence-electron chi connectivity index (χ4n) is 3.98. The molecule has 6 N–H and O–H groups in total. The number of aliphatic hydroxyl groups excluding tert-OH is 1. The number of carbonyl (C=O) groups excluding carboxylic acids is 4. The summed E-state index contributed by atoms with van der Waals surface area (Å²) in [5.41, 5.74) is 5.43. The lowest BCUT2D eigenvalue weighted by atomic mass is 10.1. The molecule has 2 rings (SSSR count). The molecular weight excluding hydrogens is 410 g/mol. The van der Waals surface area contributed by atoms with Crippen LogP contribution in [0.1, 0.15) is 39.5 Å². The van der Waals surface area contributed by atoms with E-state index in [1.165, 1.54) is 23.6 Å². The second kappa shape index (κ2) is 10.5. The van der Waals surface area contributed by atoms with Gasteiger partial charge in [-0.3, -0.25) is 19.2 Å². The van der Waals surface area contributed by atoms with Crippen LogP contribution in [-0.4, -0.2) is 99.5 Å². The number of aliphatic carboxylic acids is 1. The molecule has 0 bridgehead atoms. The third-order valence-electron chi connectivity index (χ3n) is 5.67. The lowest BCUT2D eigenvalue weighted by molar-refractivity contribution is -0.147. The van der Waals surface area contributed by atoms with Crippen LogP contribution in [0.5, 0.6) is 0 Å². The molecule has 4 amide bonds. The van der Waals surface area contributed by atoms with Crippen molar-refractivity contribution >= 4 is 29.6 Å². The number of nitrogens with zero attached hydrogens (tertiary/aromatic N) is 2. The quantitative estimate of drug-likeness (QED) is 0.271. The highest BCUT2D eigenvalue weighted by atomic mass is 16.4. The monoisotopic (exact) mass is 441 g/mol. The summed E-state index contributed by atoms with van der Waals surface area (Å²) >= 11 is 0. The lowest BCUT2D eigenvalue weighted by Crippen LogP contribution is -2.57. The molecule has 0 aromatic rings. The number of aliphatic hydroxyl groups is 1. The molecule has 12 nitrogen and oxygen atoms in total. The van der Waals surface area contributed by atoms with E-state index in [1.807, 2.05) is 0 Å². The van der Waals surface area contributed by atoms with E-state index in [0.29, 0.717) is 38.8 Å². The normalized spacial score (nSPS) is 23.7. The molecule has 5 atom stereocenters. The minimum Gasteiger partial charge on any atom is -0.480 e. The summed E-state index contributed by atoms with van der Waals surface area (Å²) in [5, 5.41) is 23.2. The average molecular weight is 441 g/mol. The molecule has 5 unspecified atom stereocenters. The van der Waals surface area contributed by atoms with Crippen LogP contribution in [0.15, 0.2) is 0 Å². The number of carbonyl (C=O) groups is 5. The van der Waals surface area contributed by atoms with Gasteiger partial charge in [-0.15, -0.1) is 0 Å². The van der Waals surface area contributed by atoms with Crippen molar-refractivity contribution in [2.75, 3.05) is 19.6 Å². The van der Waals surface area contributed by atoms with Crippen molar-refractivity contribution in [3.8, 4) is 0 Å². The number of hydrogen-bond acceptors (Lipinski definition) is 7. The van der Waals surface area contributed by atoms with Crippen molar-refractivity contribution < 1.29 is 34.2 Å². The topological polar surface area (TPSA) is 182 Å². The predicted molar refractivity (Wildman–Crippen MR) is 107 cm³/mol. The first kappa shape index (κ1) is 24.5. The zero-order valence-corrected chi connectivity index (χ0v) is 17.7. The molecule has 12 heteroatoms. The lowest BCUT2D eigenvalue weighted by Gasteiger charge is -2.31. The summed E-state index contributed by atoms with van der Waals surface area (Å²) in [7, 11) is 0. The van der Waals surface area contributed by atoms with Gasteiger partial charge in [0, 0.05) is 13.1 Å². The molecule has 31 heavy (non-hydrogen) atoms. The van der Waals surface area contributed by atoms with Gasteiger partial charge in [-0.25, -0.2) is 4.79 Å². The first-order valence-corrected chi connectivity index (χ1v) is 10.4. The van der Waals surface area contributed by atoms with E-state index in [0.717, 1.165) is 0 Å². The van der Waals surface area contributed by atoms with Crippen molar-refractivity contribution in [3.05, 3.63) is 0 Å². The second-order valence-electron chi connectivity index (χ2n) is 7.93. The van der Waals surface area contributed by atoms with Gasteiger partial charge in [-0.1, -0.05) is 0 Å². The Kier molecular flexibility index (Phi) is 8.34. The molecule has 2 aliphatic heterocycles. The number of nitrogens with two attached hydrogens (primary N) is 1. The van der Waals surface area contributed by atoms with Crippen LogP contribution in [0.3, 0.4) is 0 Å². The molecule has 0 aromatic heterocycles. The molecule has 2 fully saturated rings. The van der Waals surface area contributed by atoms with E-state index < -0.39 is 48.1 Å². The van der Waals surface area contributed by atoms with E-state index in [4.69, 9.17) is 10.8 Å². The van der Waals surface area contributed by atoms with Gasteiger partial charge in [-0.2, -0.15) is 0 Å². The third-order valence-corrected chi connectivity index (χ3v) is 5.67. The Hall–Kier alpha value is -2.73. The maximum absolute atomic E-state index is 13.0. The summed E-state index contributed by atoms with van der Waals surface area (Å²) in [6.07, 6.45) is 0.875. The van der Waals surface area contributed by atoms with Crippen molar-refractivity contribution in [2.24, 2.45) is 5.73 Å². The van der Waals surface area contributed by atoms with Crippen molar-refractivity contribution in [3.63, 3.8) is 0 Å². The molecule has 0 spiro atoms. The van der Waals surface area contributed by atoms with E-state index in [-0.39, 0.29) is 18.4 Å². The zero-order chi connectivity index (χ0) is 23.3. The van der Waals surface area contributed by atoms with Gasteiger partial charge in [-0.05, 0) is 39.5 Å². The van der Waals surface area contributed by atoms with Gasteiger partial charge in [0.2, 0.25) is 23.6 Å². The van der Waals surface area contributed by atoms with Crippen LogP contribution in [-0.2, 0) is 24.0 Å². The van der Waals surface area contributed by atoms with Gasteiger partial charge in [0.25, 0.3) is 0 Å². The summed E-state index contributed by atoms with van der Waals surface area (Å²) in [5.74, 6) is -3.33. The smallest absolute Gasteiger partial charge is 0.328 e. The molecule has 2 saturated heterocycles. The Balaban J connectivity index is 2.00. The highest BCUT2D eigenvalue weighted by Crippen LogP contribution is 2.25. The molecule has 2 aliphatic rings. The SMILES string of the molecule is CC(NC(=O)C1CCCN1C(=O)C1CCCN1C(=O)CN)C(=O)NC(C(=O)O)C(C)O.